The van der Waals surface area contributed by atoms with Crippen LogP contribution in [0.3, 0.4) is 0 Å². The van der Waals surface area contributed by atoms with Crippen molar-refractivity contribution in [2.24, 2.45) is 5.73 Å². The van der Waals surface area contributed by atoms with E-state index >= 15 is 0 Å². The quantitative estimate of drug-likeness (QED) is 0.0178. The van der Waals surface area contributed by atoms with E-state index in [1.54, 1.807) is 64.8 Å². The first-order chi connectivity index (χ1) is 29.0. The van der Waals surface area contributed by atoms with E-state index < -0.39 is 36.0 Å². The second-order valence-corrected chi connectivity index (χ2v) is 19.8. The zero-order valence-corrected chi connectivity index (χ0v) is 40.1. The van der Waals surface area contributed by atoms with Gasteiger partial charge in [0.2, 0.25) is 0 Å². The van der Waals surface area contributed by atoms with Crippen molar-refractivity contribution in [3.05, 3.63) is 38.0 Å². The number of carbonyl (C=O) groups excluding carboxylic acids is 7. The minimum Gasteiger partial charge on any atom is -0.462 e. The number of nitrogens with one attached hydrogen (secondary N) is 1. The molecule has 1 heterocycles. The van der Waals surface area contributed by atoms with Crippen LogP contribution in [0.4, 0.5) is 9.59 Å². The molecule has 348 valence electrons. The molecule has 19 nitrogen and oxygen atoms in total. The van der Waals surface area contributed by atoms with E-state index in [2.05, 4.69) is 35.6 Å². The molecule has 1 aliphatic rings. The van der Waals surface area contributed by atoms with Gasteiger partial charge >= 0.3 is 30.2 Å². The first-order valence-corrected chi connectivity index (χ1v) is 27.2. The Kier molecular flexibility index (Phi) is 57.1. The van der Waals surface area contributed by atoms with Crippen LogP contribution in [0.25, 0.3) is 0 Å². The predicted molar refractivity (Wildman–Crippen MR) is 248 cm³/mol. The number of nitrogens with two attached hydrogens (primary N) is 1. The van der Waals surface area contributed by atoms with Gasteiger partial charge in [-0.15, -0.1) is 0 Å². The van der Waals surface area contributed by atoms with Crippen molar-refractivity contribution < 1.29 is 77.4 Å². The summed E-state index contributed by atoms with van der Waals surface area (Å²) in [5.74, 6) is 3.06. The van der Waals surface area contributed by atoms with Crippen molar-refractivity contribution >= 4 is 128 Å². The molecule has 1 fully saturated rings. The molecule has 0 radical (unpaired) electrons. The topological polar surface area (TPSA) is 277 Å². The molecular formula is C33H57N3O16S8. The number of hydrogen-bond donors (Lipinski definition) is 5. The van der Waals surface area contributed by atoms with E-state index in [0.717, 1.165) is 35.5 Å². The molecule has 60 heavy (non-hydrogen) atoms. The molecule has 0 aromatic carbocycles. The molecule has 1 saturated heterocycles. The summed E-state index contributed by atoms with van der Waals surface area (Å²) in [6.07, 6.45) is 1.93. The molecule has 27 heteroatoms. The van der Waals surface area contributed by atoms with Gasteiger partial charge in [-0.25, -0.2) is 24.0 Å². The van der Waals surface area contributed by atoms with Gasteiger partial charge in [-0.05, 0) is 7.05 Å². The minimum absolute atomic E-state index is 0.0367. The molecule has 1 rings (SSSR count). The highest BCUT2D eigenvalue weighted by molar-refractivity contribution is 8.77. The zero-order valence-electron chi connectivity index (χ0n) is 33.5. The van der Waals surface area contributed by atoms with Crippen molar-refractivity contribution in [3.63, 3.8) is 0 Å². The number of amides is 3. The van der Waals surface area contributed by atoms with E-state index in [1.807, 2.05) is 0 Å². The Morgan fingerprint density at radius 3 is 1.13 bits per heavy atom. The van der Waals surface area contributed by atoms with Gasteiger partial charge in [0.15, 0.2) is 0 Å². The van der Waals surface area contributed by atoms with Crippen molar-refractivity contribution in [2.45, 2.75) is 12.8 Å². The first-order valence-electron chi connectivity index (χ1n) is 17.3. The predicted octanol–water partition coefficient (Wildman–Crippen LogP) is 3.78. The van der Waals surface area contributed by atoms with Crippen LogP contribution in [-0.2, 0) is 52.5 Å². The van der Waals surface area contributed by atoms with Crippen LogP contribution >= 0.6 is 86.4 Å². The molecule has 0 spiro atoms. The van der Waals surface area contributed by atoms with E-state index in [9.17, 15) is 33.6 Å². The molecule has 6 N–H and O–H groups in total. The highest BCUT2D eigenvalue weighted by atomic mass is 33.1. The van der Waals surface area contributed by atoms with Crippen molar-refractivity contribution in [3.8, 4) is 0 Å². The summed E-state index contributed by atoms with van der Waals surface area (Å²) in [6, 6.07) is 0. The Labute approximate surface area is 383 Å². The number of hydrogen-bond acceptors (Lipinski definition) is 25. The Morgan fingerprint density at radius 2 is 0.850 bits per heavy atom. The number of rotatable bonds is 29. The van der Waals surface area contributed by atoms with E-state index in [-0.39, 0.29) is 51.8 Å². The minimum atomic E-state index is -1.09. The summed E-state index contributed by atoms with van der Waals surface area (Å²) in [6.45, 7) is 11.9. The van der Waals surface area contributed by atoms with E-state index in [1.165, 1.54) is 35.7 Å². The van der Waals surface area contributed by atoms with Gasteiger partial charge in [-0.1, -0.05) is 111 Å². The number of nitrogens with zero attached hydrogens (tertiary/aromatic N) is 1. The third-order valence-electron chi connectivity index (χ3n) is 4.75. The molecular weight excluding hydrogens is 951 g/mol. The molecule has 0 aromatic heterocycles. The van der Waals surface area contributed by atoms with E-state index in [4.69, 9.17) is 39.0 Å². The number of imide groups is 1. The summed E-state index contributed by atoms with van der Waals surface area (Å²) in [7, 11) is 15.3. The fraction of sp³-hybridized carbons (Fsp3) is 0.606. The van der Waals surface area contributed by atoms with Gasteiger partial charge < -0.3 is 50.1 Å². The SMILES string of the molecule is C=CC(=O)OCCSSCCO.C=CC(=O)OCCSSCCOC(=O)NC.C=CC(=O)OCCSSCCOC(=O)ON1C(=O)CCC1=O.CN.OCCSSCCO. The van der Waals surface area contributed by atoms with Crippen LogP contribution in [0.15, 0.2) is 38.0 Å². The van der Waals surface area contributed by atoms with Crippen molar-refractivity contribution in [1.29, 1.82) is 0 Å². The lowest BCUT2D eigenvalue weighted by molar-refractivity contribution is -0.176. The summed E-state index contributed by atoms with van der Waals surface area (Å²) in [4.78, 5) is 80.7. The monoisotopic (exact) mass is 1010 g/mol. The fourth-order valence-electron chi connectivity index (χ4n) is 2.45. The van der Waals surface area contributed by atoms with Gasteiger partial charge in [0, 0.05) is 84.1 Å². The van der Waals surface area contributed by atoms with Gasteiger partial charge in [0.25, 0.3) is 11.8 Å². The largest absolute Gasteiger partial charge is 0.533 e. The van der Waals surface area contributed by atoms with Crippen LogP contribution < -0.4 is 11.1 Å². The Morgan fingerprint density at radius 1 is 0.567 bits per heavy atom. The summed E-state index contributed by atoms with van der Waals surface area (Å²) in [5.41, 5.74) is 4.50. The average molecular weight is 1010 g/mol. The third kappa shape index (κ3) is 50.3. The molecule has 0 unspecified atom stereocenters. The molecule has 0 aromatic rings. The van der Waals surface area contributed by atoms with Gasteiger partial charge in [0.05, 0.1) is 19.8 Å². The molecule has 0 atom stereocenters. The van der Waals surface area contributed by atoms with Crippen molar-refractivity contribution in [1.82, 2.24) is 10.4 Å². The highest BCUT2D eigenvalue weighted by Crippen LogP contribution is 2.22. The zero-order chi connectivity index (χ0) is 46.1. The smallest absolute Gasteiger partial charge is 0.462 e. The molecule has 1 aliphatic heterocycles. The molecule has 3 amide bonds. The number of esters is 3. The Bertz CT molecular complexity index is 1160. The van der Waals surface area contributed by atoms with Crippen LogP contribution in [0.2, 0.25) is 0 Å². The maximum absolute atomic E-state index is 11.3. The van der Waals surface area contributed by atoms with Gasteiger partial charge in [-0.3, -0.25) is 14.4 Å². The number of alkyl carbamates (subject to hydrolysis) is 1. The first kappa shape index (κ1) is 64.6. The lowest BCUT2D eigenvalue weighted by atomic mass is 10.4. The average Bonchev–Trinajstić information content (AvgIpc) is 3.58. The van der Waals surface area contributed by atoms with Crippen LogP contribution in [0, 0.1) is 0 Å². The maximum atomic E-state index is 11.3. The normalized spacial score (nSPS) is 10.9. The summed E-state index contributed by atoms with van der Waals surface area (Å²) >= 11 is 0. The lowest BCUT2D eigenvalue weighted by Gasteiger charge is -2.12. The fourth-order valence-corrected chi connectivity index (χ4v) is 8.89. The Balaban J connectivity index is -0.000000364. The molecule has 0 bridgehead atoms. The second-order valence-electron chi connectivity index (χ2n) is 9.02. The van der Waals surface area contributed by atoms with Crippen LogP contribution in [-0.4, -0.2) is 175 Å². The highest BCUT2D eigenvalue weighted by Gasteiger charge is 2.33. The number of carbonyl (C=O) groups is 7. The second kappa shape index (κ2) is 53.1. The number of hydroxylamine groups is 2. The number of aliphatic hydroxyl groups is 3. The van der Waals surface area contributed by atoms with Gasteiger partial charge in [-0.2, -0.15) is 0 Å². The van der Waals surface area contributed by atoms with Gasteiger partial charge in [0.1, 0.15) is 33.0 Å². The van der Waals surface area contributed by atoms with Crippen LogP contribution in [0.5, 0.6) is 0 Å². The summed E-state index contributed by atoms with van der Waals surface area (Å²) in [5, 5.41) is 27.7. The standard InChI is InChI=1S/C12H15NO7S2.C9H15NO4S2.C7H12O3S2.C4H10O2S2.CH5N/c1-2-11(16)18-5-7-21-22-8-6-19-12(17)20-13-9(14)3-4-10(13)15;1-3-8(11)13-4-6-15-16-7-5-14-9(12)10-2;1-2-7(9)10-4-6-12-11-5-3-8;5-1-3-7-8-4-2-6;1-2/h2H,1,3-8H2;3H,1,4-7H2,2H3,(H,10,12);2,8H,1,3-6H2;5-6H,1-4H2;2H2,1H3. The number of aliphatic hydroxyl groups excluding tert-OH is 3. The van der Waals surface area contributed by atoms with Crippen molar-refractivity contribution in [2.75, 3.05) is 113 Å². The maximum Gasteiger partial charge on any atom is 0.533 e. The number of ether oxygens (including phenoxy) is 5. The van der Waals surface area contributed by atoms with E-state index in [0.29, 0.717) is 53.6 Å². The van der Waals surface area contributed by atoms with Crippen LogP contribution in [0.1, 0.15) is 12.8 Å². The third-order valence-corrected chi connectivity index (χ3v) is 14.1. The summed E-state index contributed by atoms with van der Waals surface area (Å²) < 4.78 is 23.7. The Hall–Kier alpha value is -2.05. The lowest BCUT2D eigenvalue weighted by Crippen LogP contribution is -2.32. The molecule has 0 saturated carbocycles. The molecule has 0 aliphatic carbocycles.